The number of alkyl halides is 4. The van der Waals surface area contributed by atoms with Gasteiger partial charge < -0.3 is 0 Å². The van der Waals surface area contributed by atoms with Crippen LogP contribution in [0.2, 0.25) is 0 Å². The van der Waals surface area contributed by atoms with E-state index in [1.165, 1.54) is 0 Å². The molecule has 1 N–H and O–H groups in total. The van der Waals surface area contributed by atoms with Crippen LogP contribution in [-0.2, 0) is 20.1 Å². The van der Waals surface area contributed by atoms with Crippen molar-refractivity contribution in [3.8, 4) is 0 Å². The first-order valence-corrected chi connectivity index (χ1v) is 8.42. The lowest BCUT2D eigenvalue weighted by Crippen LogP contribution is -2.48. The lowest BCUT2D eigenvalue weighted by Gasteiger charge is -2.30. The Labute approximate surface area is 113 Å². The summed E-state index contributed by atoms with van der Waals surface area (Å²) in [5.41, 5.74) is 0. The fraction of sp³-hybridized carbons (Fsp3) is 1.00. The van der Waals surface area contributed by atoms with Gasteiger partial charge in [-0.15, -0.1) is 0 Å². The van der Waals surface area contributed by atoms with Crippen LogP contribution in [-0.4, -0.2) is 49.3 Å². The highest BCUT2D eigenvalue weighted by Gasteiger charge is 2.59. The van der Waals surface area contributed by atoms with Crippen molar-refractivity contribution in [3.05, 3.63) is 0 Å². The van der Waals surface area contributed by atoms with E-state index in [4.69, 9.17) is 4.55 Å². The lowest BCUT2D eigenvalue weighted by atomic mass is 10.2. The van der Waals surface area contributed by atoms with Gasteiger partial charge >= 0.3 is 20.6 Å². The van der Waals surface area contributed by atoms with Crippen molar-refractivity contribution in [2.75, 3.05) is 13.1 Å². The first kappa shape index (κ1) is 17.6. The number of sulfonamides is 1. The van der Waals surface area contributed by atoms with E-state index in [-0.39, 0.29) is 13.1 Å². The Morgan fingerprint density at radius 3 is 1.75 bits per heavy atom. The molecule has 0 radical (unpaired) electrons. The lowest BCUT2D eigenvalue weighted by molar-refractivity contribution is -0.0233. The Morgan fingerprint density at radius 1 is 0.900 bits per heavy atom. The van der Waals surface area contributed by atoms with Gasteiger partial charge in [-0.2, -0.15) is 30.3 Å². The van der Waals surface area contributed by atoms with Crippen LogP contribution < -0.4 is 0 Å². The zero-order chi connectivity index (χ0) is 15.8. The molecule has 0 spiro atoms. The molecule has 0 aromatic heterocycles. The SMILES string of the molecule is O=S(=O)(O)C(F)(F)CC(F)(F)S(=O)(=O)N1CCCCC1. The average Bonchev–Trinajstić information content (AvgIpc) is 2.27. The largest absolute Gasteiger partial charge is 0.376 e. The molecule has 1 aliphatic heterocycles. The smallest absolute Gasteiger partial charge is 0.281 e. The normalized spacial score (nSPS) is 20.1. The van der Waals surface area contributed by atoms with Crippen LogP contribution >= 0.6 is 0 Å². The third-order valence-corrected chi connectivity index (χ3v) is 5.66. The average molecular weight is 343 g/mol. The quantitative estimate of drug-likeness (QED) is 0.599. The van der Waals surface area contributed by atoms with Gasteiger partial charge in [0.05, 0.1) is 0 Å². The van der Waals surface area contributed by atoms with E-state index in [9.17, 15) is 34.4 Å². The van der Waals surface area contributed by atoms with E-state index in [1.807, 2.05) is 0 Å². The van der Waals surface area contributed by atoms with Crippen LogP contribution in [0.4, 0.5) is 17.6 Å². The Morgan fingerprint density at radius 2 is 1.35 bits per heavy atom. The Balaban J connectivity index is 3.03. The van der Waals surface area contributed by atoms with Crippen molar-refractivity contribution >= 4 is 20.1 Å². The molecule has 120 valence electrons. The molecule has 0 atom stereocenters. The molecular weight excluding hydrogens is 330 g/mol. The molecule has 0 amide bonds. The topological polar surface area (TPSA) is 91.7 Å². The Hall–Kier alpha value is -0.460. The van der Waals surface area contributed by atoms with E-state index in [0.29, 0.717) is 23.6 Å². The maximum atomic E-state index is 13.5. The molecule has 20 heavy (non-hydrogen) atoms. The van der Waals surface area contributed by atoms with Gasteiger partial charge in [-0.3, -0.25) is 4.55 Å². The summed E-state index contributed by atoms with van der Waals surface area (Å²) in [6.45, 7) is -0.481. The third-order valence-electron chi connectivity index (χ3n) is 2.82. The molecule has 1 rings (SSSR count). The molecule has 0 bridgehead atoms. The summed E-state index contributed by atoms with van der Waals surface area (Å²) in [7, 11) is -11.5. The summed E-state index contributed by atoms with van der Waals surface area (Å²) in [6, 6.07) is 0. The van der Waals surface area contributed by atoms with Crippen molar-refractivity contribution in [2.24, 2.45) is 0 Å². The summed E-state index contributed by atoms with van der Waals surface area (Å²) in [4.78, 5) is 0. The summed E-state index contributed by atoms with van der Waals surface area (Å²) in [5, 5.41) is -10.2. The second-order valence-corrected chi connectivity index (χ2v) is 8.00. The predicted octanol–water partition coefficient (Wildman–Crippen LogP) is 1.27. The first-order chi connectivity index (χ1) is 8.81. The molecule has 1 fully saturated rings. The highest BCUT2D eigenvalue weighted by atomic mass is 32.2. The molecular formula is C8H13F4NO5S2. The fourth-order valence-electron chi connectivity index (χ4n) is 1.72. The molecule has 12 heteroatoms. The predicted molar refractivity (Wildman–Crippen MR) is 60.4 cm³/mol. The molecule has 1 saturated heterocycles. The number of hydrogen-bond acceptors (Lipinski definition) is 4. The van der Waals surface area contributed by atoms with Crippen molar-refractivity contribution in [2.45, 2.75) is 36.2 Å². The highest BCUT2D eigenvalue weighted by molar-refractivity contribution is 7.90. The molecule has 0 aliphatic carbocycles. The minimum Gasteiger partial charge on any atom is -0.281 e. The van der Waals surface area contributed by atoms with Crippen molar-refractivity contribution in [1.82, 2.24) is 4.31 Å². The second kappa shape index (κ2) is 5.39. The molecule has 6 nitrogen and oxygen atoms in total. The molecule has 1 aliphatic rings. The summed E-state index contributed by atoms with van der Waals surface area (Å²) >= 11 is 0. The third kappa shape index (κ3) is 3.40. The van der Waals surface area contributed by atoms with Gasteiger partial charge in [-0.05, 0) is 12.8 Å². The number of halogens is 4. The number of piperidine rings is 1. The Bertz CT molecular complexity index is 553. The van der Waals surface area contributed by atoms with E-state index < -0.39 is 37.1 Å². The molecule has 0 saturated carbocycles. The molecule has 0 aromatic carbocycles. The van der Waals surface area contributed by atoms with Crippen LogP contribution in [0.5, 0.6) is 0 Å². The monoisotopic (exact) mass is 343 g/mol. The van der Waals surface area contributed by atoms with E-state index in [2.05, 4.69) is 0 Å². The fourth-order valence-corrected chi connectivity index (χ4v) is 3.65. The standard InChI is InChI=1S/C8H13F4NO5S2/c9-7(10,6-8(11,12)20(16,17)18)19(14,15)13-4-2-1-3-5-13/h1-6H2,(H,16,17,18). The summed E-state index contributed by atoms with van der Waals surface area (Å²) in [5.74, 6) is 0. The van der Waals surface area contributed by atoms with Gasteiger partial charge in [0, 0.05) is 13.1 Å². The molecule has 1 heterocycles. The maximum Gasteiger partial charge on any atom is 0.376 e. The second-order valence-electron chi connectivity index (χ2n) is 4.39. The van der Waals surface area contributed by atoms with Crippen molar-refractivity contribution < 1.29 is 39.0 Å². The minimum atomic E-state index is -6.12. The van der Waals surface area contributed by atoms with E-state index in [0.717, 1.165) is 0 Å². The zero-order valence-corrected chi connectivity index (χ0v) is 11.7. The Kier molecular flexibility index (Phi) is 4.74. The minimum absolute atomic E-state index is 0.241. The molecule has 0 aromatic rings. The highest BCUT2D eigenvalue weighted by Crippen LogP contribution is 2.39. The zero-order valence-electron chi connectivity index (χ0n) is 10.1. The number of rotatable bonds is 5. The van der Waals surface area contributed by atoms with Gasteiger partial charge in [0.15, 0.2) is 0 Å². The van der Waals surface area contributed by atoms with Crippen LogP contribution in [0.15, 0.2) is 0 Å². The van der Waals surface area contributed by atoms with Crippen molar-refractivity contribution in [3.63, 3.8) is 0 Å². The van der Waals surface area contributed by atoms with Gasteiger partial charge in [0.1, 0.15) is 6.42 Å². The summed E-state index contributed by atoms with van der Waals surface area (Å²) < 4.78 is 105. The number of nitrogens with zero attached hydrogens (tertiary/aromatic N) is 1. The van der Waals surface area contributed by atoms with Gasteiger partial charge in [0.25, 0.3) is 10.0 Å². The van der Waals surface area contributed by atoms with Gasteiger partial charge in [0.2, 0.25) is 0 Å². The maximum absolute atomic E-state index is 13.5. The van der Waals surface area contributed by atoms with Gasteiger partial charge in [-0.25, -0.2) is 8.42 Å². The molecule has 0 unspecified atom stereocenters. The van der Waals surface area contributed by atoms with Gasteiger partial charge in [-0.1, -0.05) is 6.42 Å². The van der Waals surface area contributed by atoms with Crippen LogP contribution in [0.1, 0.15) is 25.7 Å². The number of hydrogen-bond donors (Lipinski definition) is 1. The van der Waals surface area contributed by atoms with Crippen molar-refractivity contribution in [1.29, 1.82) is 0 Å². The first-order valence-electron chi connectivity index (χ1n) is 5.54. The van der Waals surface area contributed by atoms with E-state index in [1.54, 1.807) is 0 Å². The van der Waals surface area contributed by atoms with Crippen LogP contribution in [0, 0.1) is 0 Å². The summed E-state index contributed by atoms with van der Waals surface area (Å²) in [6.07, 6.45) is -1.58. The van der Waals surface area contributed by atoms with Crippen LogP contribution in [0.3, 0.4) is 0 Å². The van der Waals surface area contributed by atoms with E-state index >= 15 is 0 Å². The van der Waals surface area contributed by atoms with Crippen LogP contribution in [0.25, 0.3) is 0 Å².